The zero-order valence-electron chi connectivity index (χ0n) is 10.0. The molecule has 16 heavy (non-hydrogen) atoms. The maximum absolute atomic E-state index is 11.8. The van der Waals surface area contributed by atoms with Gasteiger partial charge in [0.15, 0.2) is 0 Å². The molecule has 0 heterocycles. The number of aryl methyl sites for hydroxylation is 2. The molecule has 2 atom stereocenters. The highest BCUT2D eigenvalue weighted by atomic mass is 16.2. The van der Waals surface area contributed by atoms with Crippen molar-refractivity contribution in [3.8, 4) is 0 Å². The van der Waals surface area contributed by atoms with E-state index in [1.807, 2.05) is 26.0 Å². The van der Waals surface area contributed by atoms with Crippen molar-refractivity contribution in [2.75, 3.05) is 11.1 Å². The van der Waals surface area contributed by atoms with Crippen molar-refractivity contribution in [3.63, 3.8) is 0 Å². The van der Waals surface area contributed by atoms with Crippen molar-refractivity contribution in [3.05, 3.63) is 23.3 Å². The molecule has 0 saturated heterocycles. The van der Waals surface area contributed by atoms with Crippen LogP contribution in [0, 0.1) is 25.7 Å². The average molecular weight is 218 g/mol. The minimum atomic E-state index is 0.139. The number of nitrogen functional groups attached to an aromatic ring is 1. The Balaban J connectivity index is 2.15. The van der Waals surface area contributed by atoms with E-state index in [-0.39, 0.29) is 11.8 Å². The Kier molecular flexibility index (Phi) is 2.62. The van der Waals surface area contributed by atoms with Crippen LogP contribution in [0.3, 0.4) is 0 Å². The Hall–Kier alpha value is -1.51. The predicted molar refractivity (Wildman–Crippen MR) is 66.2 cm³/mol. The summed E-state index contributed by atoms with van der Waals surface area (Å²) < 4.78 is 0. The number of carbonyl (C=O) groups excluding carboxylic acids is 1. The van der Waals surface area contributed by atoms with Crippen molar-refractivity contribution >= 4 is 17.3 Å². The second-order valence-corrected chi connectivity index (χ2v) is 4.83. The highest BCUT2D eigenvalue weighted by molar-refractivity contribution is 5.95. The average Bonchev–Trinajstić information content (AvgIpc) is 2.92. The zero-order valence-corrected chi connectivity index (χ0v) is 10.0. The molecule has 1 fully saturated rings. The van der Waals surface area contributed by atoms with Crippen LogP contribution in [-0.4, -0.2) is 5.91 Å². The summed E-state index contributed by atoms with van der Waals surface area (Å²) in [6, 6.07) is 3.84. The molecule has 0 bridgehead atoms. The van der Waals surface area contributed by atoms with E-state index in [0.717, 1.165) is 28.9 Å². The van der Waals surface area contributed by atoms with E-state index in [2.05, 4.69) is 12.2 Å². The molecule has 86 valence electrons. The molecule has 2 unspecified atom stereocenters. The van der Waals surface area contributed by atoms with E-state index in [9.17, 15) is 4.79 Å². The molecular weight excluding hydrogens is 200 g/mol. The minimum absolute atomic E-state index is 0.139. The summed E-state index contributed by atoms with van der Waals surface area (Å²) in [4.78, 5) is 11.8. The Labute approximate surface area is 96.0 Å². The van der Waals surface area contributed by atoms with E-state index in [1.54, 1.807) is 0 Å². The molecule has 1 aliphatic carbocycles. The molecule has 0 radical (unpaired) electrons. The molecule has 0 aromatic heterocycles. The second-order valence-electron chi connectivity index (χ2n) is 4.83. The monoisotopic (exact) mass is 218 g/mol. The lowest BCUT2D eigenvalue weighted by Crippen LogP contribution is -2.15. The molecule has 2 rings (SSSR count). The first-order valence-electron chi connectivity index (χ1n) is 5.66. The Morgan fingerprint density at radius 2 is 2.00 bits per heavy atom. The van der Waals surface area contributed by atoms with Gasteiger partial charge in [-0.15, -0.1) is 0 Å². The van der Waals surface area contributed by atoms with Gasteiger partial charge >= 0.3 is 0 Å². The van der Waals surface area contributed by atoms with Crippen LogP contribution in [0.25, 0.3) is 0 Å². The fraction of sp³-hybridized carbons (Fsp3) is 0.462. The Morgan fingerprint density at radius 1 is 1.38 bits per heavy atom. The molecule has 3 N–H and O–H groups in total. The van der Waals surface area contributed by atoms with Crippen LogP contribution in [0.2, 0.25) is 0 Å². The van der Waals surface area contributed by atoms with Gasteiger partial charge in [0.2, 0.25) is 5.91 Å². The predicted octanol–water partition coefficient (Wildman–Crippen LogP) is 2.48. The number of hydrogen-bond donors (Lipinski definition) is 2. The fourth-order valence-corrected chi connectivity index (χ4v) is 1.89. The molecule has 1 amide bonds. The van der Waals surface area contributed by atoms with Gasteiger partial charge in [-0.25, -0.2) is 0 Å². The van der Waals surface area contributed by atoms with Crippen LogP contribution in [0.5, 0.6) is 0 Å². The smallest absolute Gasteiger partial charge is 0.227 e. The van der Waals surface area contributed by atoms with Gasteiger partial charge in [0.05, 0.1) is 0 Å². The first kappa shape index (κ1) is 11.0. The topological polar surface area (TPSA) is 55.1 Å². The van der Waals surface area contributed by atoms with Gasteiger partial charge < -0.3 is 11.1 Å². The molecule has 0 aliphatic heterocycles. The normalized spacial score (nSPS) is 22.9. The van der Waals surface area contributed by atoms with Crippen LogP contribution in [-0.2, 0) is 4.79 Å². The quantitative estimate of drug-likeness (QED) is 0.749. The van der Waals surface area contributed by atoms with Crippen molar-refractivity contribution in [2.45, 2.75) is 27.2 Å². The number of anilines is 2. The summed E-state index contributed by atoms with van der Waals surface area (Å²) >= 11 is 0. The lowest BCUT2D eigenvalue weighted by Gasteiger charge is -2.11. The van der Waals surface area contributed by atoms with Gasteiger partial charge in [-0.05, 0) is 49.4 Å². The maximum Gasteiger partial charge on any atom is 0.227 e. The maximum atomic E-state index is 11.8. The Morgan fingerprint density at radius 3 is 2.56 bits per heavy atom. The fourth-order valence-electron chi connectivity index (χ4n) is 1.89. The summed E-state index contributed by atoms with van der Waals surface area (Å²) in [5.74, 6) is 0.882. The summed E-state index contributed by atoms with van der Waals surface area (Å²) in [6.07, 6.45) is 1.01. The number of amides is 1. The third-order valence-corrected chi connectivity index (χ3v) is 3.32. The zero-order chi connectivity index (χ0) is 11.9. The van der Waals surface area contributed by atoms with Crippen molar-refractivity contribution in [1.82, 2.24) is 0 Å². The minimum Gasteiger partial charge on any atom is -0.399 e. The van der Waals surface area contributed by atoms with Crippen LogP contribution >= 0.6 is 0 Å². The summed E-state index contributed by atoms with van der Waals surface area (Å²) in [5.41, 5.74) is 9.48. The SMILES string of the molecule is Cc1cc(NC(=O)C2CC2C)c(C)cc1N. The molecular formula is C13H18N2O. The summed E-state index contributed by atoms with van der Waals surface area (Å²) in [5, 5.41) is 2.98. The molecule has 1 saturated carbocycles. The van der Waals surface area contributed by atoms with Crippen molar-refractivity contribution < 1.29 is 4.79 Å². The van der Waals surface area contributed by atoms with E-state index >= 15 is 0 Å². The van der Waals surface area contributed by atoms with E-state index in [0.29, 0.717) is 5.92 Å². The third kappa shape index (κ3) is 2.03. The summed E-state index contributed by atoms with van der Waals surface area (Å²) in [7, 11) is 0. The molecule has 1 aromatic carbocycles. The number of nitrogens with two attached hydrogens (primary N) is 1. The Bertz CT molecular complexity index is 440. The molecule has 0 spiro atoms. The lowest BCUT2D eigenvalue weighted by atomic mass is 10.1. The number of benzene rings is 1. The number of carbonyl (C=O) groups is 1. The van der Waals surface area contributed by atoms with Gasteiger partial charge in [-0.2, -0.15) is 0 Å². The van der Waals surface area contributed by atoms with Gasteiger partial charge in [-0.1, -0.05) is 6.92 Å². The number of nitrogens with one attached hydrogen (secondary N) is 1. The lowest BCUT2D eigenvalue weighted by molar-refractivity contribution is -0.117. The van der Waals surface area contributed by atoms with E-state index in [4.69, 9.17) is 5.73 Å². The van der Waals surface area contributed by atoms with Gasteiger partial charge in [0, 0.05) is 17.3 Å². The van der Waals surface area contributed by atoms with Crippen LogP contribution in [0.4, 0.5) is 11.4 Å². The van der Waals surface area contributed by atoms with Gasteiger partial charge in [-0.3, -0.25) is 4.79 Å². The van der Waals surface area contributed by atoms with Crippen molar-refractivity contribution in [1.29, 1.82) is 0 Å². The third-order valence-electron chi connectivity index (χ3n) is 3.32. The van der Waals surface area contributed by atoms with E-state index in [1.165, 1.54) is 0 Å². The largest absolute Gasteiger partial charge is 0.399 e. The molecule has 3 heteroatoms. The van der Waals surface area contributed by atoms with E-state index < -0.39 is 0 Å². The highest BCUT2D eigenvalue weighted by Crippen LogP contribution is 2.38. The number of hydrogen-bond acceptors (Lipinski definition) is 2. The second kappa shape index (κ2) is 3.81. The van der Waals surface area contributed by atoms with Crippen LogP contribution < -0.4 is 11.1 Å². The first-order valence-corrected chi connectivity index (χ1v) is 5.66. The van der Waals surface area contributed by atoms with Crippen LogP contribution in [0.1, 0.15) is 24.5 Å². The van der Waals surface area contributed by atoms with Gasteiger partial charge in [0.25, 0.3) is 0 Å². The molecule has 1 aliphatic rings. The molecule has 1 aromatic rings. The highest BCUT2D eigenvalue weighted by Gasteiger charge is 2.39. The number of rotatable bonds is 2. The van der Waals surface area contributed by atoms with Gasteiger partial charge in [0.1, 0.15) is 0 Å². The van der Waals surface area contributed by atoms with Crippen molar-refractivity contribution in [2.24, 2.45) is 11.8 Å². The van der Waals surface area contributed by atoms with Crippen LogP contribution in [0.15, 0.2) is 12.1 Å². The molecule has 3 nitrogen and oxygen atoms in total. The first-order chi connectivity index (χ1) is 7.49. The summed E-state index contributed by atoms with van der Waals surface area (Å²) in [6.45, 7) is 6.01. The standard InChI is InChI=1S/C13H18N2O/c1-7-4-10(7)13(16)15-12-6-8(2)11(14)5-9(12)3/h5-7,10H,4,14H2,1-3H3,(H,15,16).